The fourth-order valence-corrected chi connectivity index (χ4v) is 2.04. The molecule has 0 bridgehead atoms. The maximum atomic E-state index is 4.61. The van der Waals surface area contributed by atoms with Crippen molar-refractivity contribution in [2.24, 2.45) is 0 Å². The Morgan fingerprint density at radius 2 is 2.05 bits per heavy atom. The molecule has 0 saturated heterocycles. The van der Waals surface area contributed by atoms with Crippen LogP contribution in [0.4, 0.5) is 0 Å². The third-order valence-corrected chi connectivity index (χ3v) is 3.16. The summed E-state index contributed by atoms with van der Waals surface area (Å²) in [6.45, 7) is 9.24. The highest BCUT2D eigenvalue weighted by atomic mass is 15.4. The zero-order valence-corrected chi connectivity index (χ0v) is 12.7. The third-order valence-electron chi connectivity index (χ3n) is 3.16. The second kappa shape index (κ2) is 6.61. The number of aromatic nitrogens is 4. The topological polar surface area (TPSA) is 55.6 Å². The number of nitrogens with zero attached hydrogens (tertiary/aromatic N) is 4. The molecule has 1 N–H and O–H groups in total. The van der Waals surface area contributed by atoms with E-state index < -0.39 is 0 Å². The van der Waals surface area contributed by atoms with Crippen LogP contribution in [-0.4, -0.2) is 25.8 Å². The number of hydrogen-bond donors (Lipinski definition) is 1. The fourth-order valence-electron chi connectivity index (χ4n) is 2.04. The summed E-state index contributed by atoms with van der Waals surface area (Å²) in [5, 5.41) is 8.04. The fraction of sp³-hybridized carbons (Fsp3) is 0.533. The lowest BCUT2D eigenvalue weighted by atomic mass is 10.2. The number of aryl methyl sites for hydroxylation is 2. The van der Waals surface area contributed by atoms with Crippen LogP contribution in [0, 0.1) is 0 Å². The van der Waals surface area contributed by atoms with Crippen LogP contribution in [0.3, 0.4) is 0 Å². The van der Waals surface area contributed by atoms with Crippen LogP contribution in [0.2, 0.25) is 0 Å². The van der Waals surface area contributed by atoms with E-state index in [1.54, 1.807) is 6.20 Å². The first-order valence-electron chi connectivity index (χ1n) is 7.27. The minimum atomic E-state index is 0.440. The predicted molar refractivity (Wildman–Crippen MR) is 79.9 cm³/mol. The molecule has 0 unspecified atom stereocenters. The molecule has 0 spiro atoms. The number of rotatable bonds is 6. The van der Waals surface area contributed by atoms with Gasteiger partial charge in [0.25, 0.3) is 0 Å². The SMILES string of the molecule is CCc1nc(CC)n(-c2ccncc2CNC(C)C)n1. The Balaban J connectivity index is 2.38. The molecule has 0 aliphatic carbocycles. The van der Waals surface area contributed by atoms with Gasteiger partial charge in [-0.25, -0.2) is 9.67 Å². The normalized spacial score (nSPS) is 11.2. The van der Waals surface area contributed by atoms with Gasteiger partial charge in [-0.15, -0.1) is 0 Å². The molecule has 0 aliphatic heterocycles. The lowest BCUT2D eigenvalue weighted by Gasteiger charge is -2.13. The van der Waals surface area contributed by atoms with Crippen molar-refractivity contribution in [1.29, 1.82) is 0 Å². The highest BCUT2D eigenvalue weighted by molar-refractivity contribution is 5.38. The summed E-state index contributed by atoms with van der Waals surface area (Å²) < 4.78 is 1.96. The lowest BCUT2D eigenvalue weighted by molar-refractivity contribution is 0.584. The summed E-state index contributed by atoms with van der Waals surface area (Å²) in [4.78, 5) is 8.80. The van der Waals surface area contributed by atoms with Crippen molar-refractivity contribution in [3.8, 4) is 5.69 Å². The van der Waals surface area contributed by atoms with Gasteiger partial charge in [-0.05, 0) is 6.07 Å². The minimum Gasteiger partial charge on any atom is -0.310 e. The Hall–Kier alpha value is -1.75. The quantitative estimate of drug-likeness (QED) is 0.877. The first-order valence-corrected chi connectivity index (χ1v) is 7.27. The lowest BCUT2D eigenvalue weighted by Crippen LogP contribution is -2.23. The smallest absolute Gasteiger partial charge is 0.151 e. The van der Waals surface area contributed by atoms with E-state index in [-0.39, 0.29) is 0 Å². The minimum absolute atomic E-state index is 0.440. The van der Waals surface area contributed by atoms with Gasteiger partial charge in [0.05, 0.1) is 5.69 Å². The predicted octanol–water partition coefficient (Wildman–Crippen LogP) is 2.29. The monoisotopic (exact) mass is 273 g/mol. The molecule has 0 saturated carbocycles. The molecule has 2 rings (SSSR count). The first-order chi connectivity index (χ1) is 9.65. The first kappa shape index (κ1) is 14.7. The van der Waals surface area contributed by atoms with E-state index in [9.17, 15) is 0 Å². The van der Waals surface area contributed by atoms with Crippen molar-refractivity contribution >= 4 is 0 Å². The van der Waals surface area contributed by atoms with Crippen LogP contribution < -0.4 is 5.32 Å². The third kappa shape index (κ3) is 3.22. The number of hydrogen-bond acceptors (Lipinski definition) is 4. The van der Waals surface area contributed by atoms with E-state index >= 15 is 0 Å². The zero-order valence-electron chi connectivity index (χ0n) is 12.7. The maximum Gasteiger partial charge on any atom is 0.151 e. The van der Waals surface area contributed by atoms with E-state index in [2.05, 4.69) is 48.1 Å². The molecular formula is C15H23N5. The van der Waals surface area contributed by atoms with Crippen LogP contribution in [0.5, 0.6) is 0 Å². The summed E-state index contributed by atoms with van der Waals surface area (Å²) >= 11 is 0. The molecular weight excluding hydrogens is 250 g/mol. The van der Waals surface area contributed by atoms with Crippen molar-refractivity contribution in [2.45, 2.75) is 53.1 Å². The largest absolute Gasteiger partial charge is 0.310 e. The van der Waals surface area contributed by atoms with Gasteiger partial charge in [0.15, 0.2) is 5.82 Å². The van der Waals surface area contributed by atoms with Crippen molar-refractivity contribution in [3.63, 3.8) is 0 Å². The molecule has 2 aromatic rings. The Labute approximate surface area is 120 Å². The van der Waals surface area contributed by atoms with E-state index in [0.29, 0.717) is 6.04 Å². The highest BCUT2D eigenvalue weighted by Gasteiger charge is 2.12. The summed E-state index contributed by atoms with van der Waals surface area (Å²) in [6, 6.07) is 2.45. The molecule has 0 aromatic carbocycles. The molecule has 0 aliphatic rings. The van der Waals surface area contributed by atoms with E-state index in [0.717, 1.165) is 42.3 Å². The van der Waals surface area contributed by atoms with Crippen LogP contribution >= 0.6 is 0 Å². The van der Waals surface area contributed by atoms with Crippen molar-refractivity contribution in [1.82, 2.24) is 25.1 Å². The Bertz CT molecular complexity index is 559. The highest BCUT2D eigenvalue weighted by Crippen LogP contribution is 2.15. The molecule has 20 heavy (non-hydrogen) atoms. The second-order valence-corrected chi connectivity index (χ2v) is 5.10. The van der Waals surface area contributed by atoms with E-state index in [1.165, 1.54) is 0 Å². The molecule has 0 radical (unpaired) electrons. The number of nitrogens with one attached hydrogen (secondary N) is 1. The average molecular weight is 273 g/mol. The van der Waals surface area contributed by atoms with Gasteiger partial charge in [0, 0.05) is 43.4 Å². The number of pyridine rings is 1. The summed E-state index contributed by atoms with van der Waals surface area (Å²) in [6.07, 6.45) is 5.43. The van der Waals surface area contributed by atoms with Gasteiger partial charge in [-0.2, -0.15) is 5.10 Å². The Morgan fingerprint density at radius 1 is 1.25 bits per heavy atom. The van der Waals surface area contributed by atoms with E-state index in [1.807, 2.05) is 16.9 Å². The molecule has 2 heterocycles. The van der Waals surface area contributed by atoms with Crippen LogP contribution in [-0.2, 0) is 19.4 Å². The molecule has 0 amide bonds. The van der Waals surface area contributed by atoms with Gasteiger partial charge in [-0.3, -0.25) is 4.98 Å². The maximum absolute atomic E-state index is 4.61. The van der Waals surface area contributed by atoms with Gasteiger partial charge in [0.1, 0.15) is 5.82 Å². The zero-order chi connectivity index (χ0) is 14.5. The molecule has 108 valence electrons. The summed E-state index contributed by atoms with van der Waals surface area (Å²) in [5.41, 5.74) is 2.21. The molecule has 5 heteroatoms. The van der Waals surface area contributed by atoms with Gasteiger partial charge in [-0.1, -0.05) is 27.7 Å². The molecule has 0 atom stereocenters. The van der Waals surface area contributed by atoms with Crippen molar-refractivity contribution in [2.75, 3.05) is 0 Å². The molecule has 0 fully saturated rings. The molecule has 2 aromatic heterocycles. The second-order valence-electron chi connectivity index (χ2n) is 5.10. The Kier molecular flexibility index (Phi) is 4.84. The Morgan fingerprint density at radius 3 is 2.70 bits per heavy atom. The van der Waals surface area contributed by atoms with E-state index in [4.69, 9.17) is 0 Å². The van der Waals surface area contributed by atoms with Crippen LogP contribution in [0.25, 0.3) is 5.69 Å². The van der Waals surface area contributed by atoms with Gasteiger partial charge in [0.2, 0.25) is 0 Å². The summed E-state index contributed by atoms with van der Waals surface area (Å²) in [7, 11) is 0. The van der Waals surface area contributed by atoms with Gasteiger partial charge >= 0.3 is 0 Å². The van der Waals surface area contributed by atoms with Crippen molar-refractivity contribution in [3.05, 3.63) is 35.7 Å². The van der Waals surface area contributed by atoms with Crippen LogP contribution in [0.15, 0.2) is 18.5 Å². The average Bonchev–Trinajstić information content (AvgIpc) is 2.88. The molecule has 5 nitrogen and oxygen atoms in total. The van der Waals surface area contributed by atoms with Gasteiger partial charge < -0.3 is 5.32 Å². The van der Waals surface area contributed by atoms with Crippen LogP contribution in [0.1, 0.15) is 44.9 Å². The van der Waals surface area contributed by atoms with Crippen molar-refractivity contribution < 1.29 is 0 Å². The standard InChI is InChI=1S/C15H23N5/c1-5-14-18-15(6-2)20(19-14)13-7-8-16-9-12(13)10-17-11(3)4/h7-9,11,17H,5-6,10H2,1-4H3. The summed E-state index contributed by atoms with van der Waals surface area (Å²) in [5.74, 6) is 1.89.